The van der Waals surface area contributed by atoms with Crippen LogP contribution in [0.5, 0.6) is 5.75 Å². The van der Waals surface area contributed by atoms with Gasteiger partial charge >= 0.3 is 0 Å². The first-order valence-corrected chi connectivity index (χ1v) is 6.16. The van der Waals surface area contributed by atoms with Crippen LogP contribution in [0.2, 0.25) is 5.02 Å². The molecule has 1 N–H and O–H groups in total. The lowest BCUT2D eigenvalue weighted by molar-refractivity contribution is 0.270. The molecule has 0 aliphatic rings. The van der Waals surface area contributed by atoms with Crippen LogP contribution >= 0.6 is 11.6 Å². The zero-order valence-corrected chi connectivity index (χ0v) is 11.3. The molecule has 96 valence electrons. The zero-order valence-electron chi connectivity index (χ0n) is 10.5. The molecule has 0 aliphatic carbocycles. The smallest absolute Gasteiger partial charge is 0.146 e. The quantitative estimate of drug-likeness (QED) is 0.898. The van der Waals surface area contributed by atoms with Gasteiger partial charge in [0.25, 0.3) is 0 Å². The number of rotatable bonds is 5. The molecule has 0 fully saturated rings. The summed E-state index contributed by atoms with van der Waals surface area (Å²) in [6.45, 7) is 3.17. The molecule has 0 amide bonds. The van der Waals surface area contributed by atoms with Gasteiger partial charge in [0, 0.05) is 12.1 Å². The number of hydrogen-bond donors (Lipinski definition) is 1. The Balaban J connectivity index is 1.99. The summed E-state index contributed by atoms with van der Waals surface area (Å²) in [6.07, 6.45) is 1.73. The van der Waals surface area contributed by atoms with E-state index in [1.54, 1.807) is 6.26 Å². The van der Waals surface area contributed by atoms with Crippen molar-refractivity contribution in [1.29, 1.82) is 0 Å². The Morgan fingerprint density at radius 1 is 1.33 bits per heavy atom. The zero-order chi connectivity index (χ0) is 13.0. The van der Waals surface area contributed by atoms with Crippen molar-refractivity contribution in [2.45, 2.75) is 20.1 Å². The van der Waals surface area contributed by atoms with Crippen molar-refractivity contribution in [2.75, 3.05) is 7.05 Å². The summed E-state index contributed by atoms with van der Waals surface area (Å²) in [7, 11) is 1.90. The van der Waals surface area contributed by atoms with Gasteiger partial charge in [-0.1, -0.05) is 17.7 Å². The maximum Gasteiger partial charge on any atom is 0.146 e. The monoisotopic (exact) mass is 265 g/mol. The predicted molar refractivity (Wildman–Crippen MR) is 72.0 cm³/mol. The lowest BCUT2D eigenvalue weighted by Crippen LogP contribution is -2.03. The molecule has 0 radical (unpaired) electrons. The van der Waals surface area contributed by atoms with Crippen molar-refractivity contribution < 1.29 is 9.15 Å². The number of hydrogen-bond acceptors (Lipinski definition) is 3. The Labute approximate surface area is 112 Å². The van der Waals surface area contributed by atoms with E-state index in [0.717, 1.165) is 23.4 Å². The Bertz CT molecular complexity index is 522. The molecule has 1 heterocycles. The van der Waals surface area contributed by atoms with Crippen molar-refractivity contribution in [3.05, 3.63) is 52.4 Å². The van der Waals surface area contributed by atoms with Gasteiger partial charge in [0.2, 0.25) is 0 Å². The van der Waals surface area contributed by atoms with Crippen LogP contribution in [-0.4, -0.2) is 7.05 Å². The number of aryl methyl sites for hydroxylation is 1. The lowest BCUT2D eigenvalue weighted by atomic mass is 10.2. The van der Waals surface area contributed by atoms with E-state index in [4.69, 9.17) is 20.8 Å². The van der Waals surface area contributed by atoms with Crippen LogP contribution in [0.25, 0.3) is 0 Å². The first-order valence-electron chi connectivity index (χ1n) is 5.79. The Morgan fingerprint density at radius 2 is 2.17 bits per heavy atom. The van der Waals surface area contributed by atoms with E-state index in [2.05, 4.69) is 5.32 Å². The van der Waals surface area contributed by atoms with Crippen LogP contribution in [0.15, 0.2) is 34.9 Å². The molecule has 2 aromatic rings. The van der Waals surface area contributed by atoms with Crippen LogP contribution in [0.1, 0.15) is 16.9 Å². The third kappa shape index (κ3) is 3.28. The summed E-state index contributed by atoms with van der Waals surface area (Å²) in [6, 6.07) is 7.67. The average molecular weight is 266 g/mol. The van der Waals surface area contributed by atoms with Gasteiger partial charge in [-0.25, -0.2) is 0 Å². The molecule has 0 unspecified atom stereocenters. The van der Waals surface area contributed by atoms with Gasteiger partial charge < -0.3 is 14.5 Å². The molecule has 0 bridgehead atoms. The second kappa shape index (κ2) is 5.94. The van der Waals surface area contributed by atoms with Crippen LogP contribution in [0.3, 0.4) is 0 Å². The van der Waals surface area contributed by atoms with Crippen molar-refractivity contribution in [2.24, 2.45) is 0 Å². The van der Waals surface area contributed by atoms with Crippen molar-refractivity contribution in [3.63, 3.8) is 0 Å². The summed E-state index contributed by atoms with van der Waals surface area (Å²) in [5.74, 6) is 1.47. The minimum absolute atomic E-state index is 0.382. The van der Waals surface area contributed by atoms with E-state index in [9.17, 15) is 0 Å². The molecular weight excluding hydrogens is 250 g/mol. The largest absolute Gasteiger partial charge is 0.484 e. The van der Waals surface area contributed by atoms with Crippen LogP contribution < -0.4 is 10.1 Å². The first kappa shape index (κ1) is 13.0. The van der Waals surface area contributed by atoms with E-state index in [1.165, 1.54) is 0 Å². The lowest BCUT2D eigenvalue weighted by Gasteiger charge is -2.07. The molecule has 3 nitrogen and oxygen atoms in total. The average Bonchev–Trinajstić information content (AvgIpc) is 2.79. The van der Waals surface area contributed by atoms with Gasteiger partial charge in [0.1, 0.15) is 18.1 Å². The topological polar surface area (TPSA) is 34.4 Å². The van der Waals surface area contributed by atoms with Crippen LogP contribution in [-0.2, 0) is 13.2 Å². The van der Waals surface area contributed by atoms with Crippen molar-refractivity contribution >= 4 is 11.6 Å². The van der Waals surface area contributed by atoms with Gasteiger partial charge in [-0.2, -0.15) is 0 Å². The number of furan rings is 1. The van der Waals surface area contributed by atoms with Gasteiger partial charge in [-0.05, 0) is 37.7 Å². The number of nitrogens with one attached hydrogen (secondary N) is 1. The molecule has 0 atom stereocenters. The highest BCUT2D eigenvalue weighted by Crippen LogP contribution is 2.26. The van der Waals surface area contributed by atoms with Crippen molar-refractivity contribution in [1.82, 2.24) is 5.32 Å². The Kier molecular flexibility index (Phi) is 4.28. The molecule has 1 aromatic carbocycles. The maximum atomic E-state index is 6.05. The second-order valence-corrected chi connectivity index (χ2v) is 4.58. The Hall–Kier alpha value is -1.45. The van der Waals surface area contributed by atoms with Crippen molar-refractivity contribution in [3.8, 4) is 5.75 Å². The van der Waals surface area contributed by atoms with E-state index >= 15 is 0 Å². The number of ether oxygens (including phenoxy) is 1. The molecule has 2 rings (SSSR count). The van der Waals surface area contributed by atoms with Gasteiger partial charge in [-0.15, -0.1) is 0 Å². The standard InChI is InChI=1S/C14H16ClNO2/c1-10-3-4-13(15)14(5-10)18-9-12-6-11(7-16-2)8-17-12/h3-6,8,16H,7,9H2,1-2H3. The van der Waals surface area contributed by atoms with Crippen LogP contribution in [0.4, 0.5) is 0 Å². The molecule has 1 aromatic heterocycles. The number of benzene rings is 1. The van der Waals surface area contributed by atoms with Crippen LogP contribution in [0, 0.1) is 6.92 Å². The molecule has 0 aliphatic heterocycles. The first-order chi connectivity index (χ1) is 8.69. The third-order valence-electron chi connectivity index (χ3n) is 2.55. The molecule has 0 saturated heterocycles. The van der Waals surface area contributed by atoms with E-state index in [-0.39, 0.29) is 0 Å². The van der Waals surface area contributed by atoms with E-state index in [1.807, 2.05) is 38.2 Å². The summed E-state index contributed by atoms with van der Waals surface area (Å²) >= 11 is 6.05. The Morgan fingerprint density at radius 3 is 2.94 bits per heavy atom. The molecule has 0 saturated carbocycles. The maximum absolute atomic E-state index is 6.05. The summed E-state index contributed by atoms with van der Waals surface area (Å²) < 4.78 is 11.0. The summed E-state index contributed by atoms with van der Waals surface area (Å²) in [4.78, 5) is 0. The summed E-state index contributed by atoms with van der Waals surface area (Å²) in [5.41, 5.74) is 2.22. The molecule has 4 heteroatoms. The van der Waals surface area contributed by atoms with E-state index < -0.39 is 0 Å². The minimum Gasteiger partial charge on any atom is -0.484 e. The summed E-state index contributed by atoms with van der Waals surface area (Å²) in [5, 5.41) is 3.68. The predicted octanol–water partition coefficient (Wildman–Crippen LogP) is 3.54. The normalized spacial score (nSPS) is 10.6. The highest BCUT2D eigenvalue weighted by molar-refractivity contribution is 6.32. The molecule has 18 heavy (non-hydrogen) atoms. The third-order valence-corrected chi connectivity index (χ3v) is 2.86. The SMILES string of the molecule is CNCc1coc(COc2cc(C)ccc2Cl)c1. The minimum atomic E-state index is 0.382. The highest BCUT2D eigenvalue weighted by atomic mass is 35.5. The second-order valence-electron chi connectivity index (χ2n) is 4.17. The fourth-order valence-electron chi connectivity index (χ4n) is 1.67. The van der Waals surface area contributed by atoms with Gasteiger partial charge in [-0.3, -0.25) is 0 Å². The van der Waals surface area contributed by atoms with Gasteiger partial charge in [0.15, 0.2) is 0 Å². The van der Waals surface area contributed by atoms with Gasteiger partial charge in [0.05, 0.1) is 11.3 Å². The van der Waals surface area contributed by atoms with E-state index in [0.29, 0.717) is 17.4 Å². The highest BCUT2D eigenvalue weighted by Gasteiger charge is 2.05. The molecule has 0 spiro atoms. The fourth-order valence-corrected chi connectivity index (χ4v) is 1.84. The number of halogens is 1. The molecular formula is C14H16ClNO2. The fraction of sp³-hybridized carbons (Fsp3) is 0.286.